The number of carboxylic acids is 3. The second-order valence-corrected chi connectivity index (χ2v) is 14.4. The summed E-state index contributed by atoms with van der Waals surface area (Å²) in [5, 5.41) is 34.9. The van der Waals surface area contributed by atoms with E-state index in [0.717, 1.165) is 77.0 Å². The zero-order valence-corrected chi connectivity index (χ0v) is 39.6. The van der Waals surface area contributed by atoms with Crippen LogP contribution in [-0.4, -0.2) is 44.3 Å². The van der Waals surface area contributed by atoms with Crippen LogP contribution in [0.2, 0.25) is 0 Å². The highest BCUT2D eigenvalue weighted by Crippen LogP contribution is 2.19. The predicted octanol–water partition coefficient (Wildman–Crippen LogP) is 16.0. The molecule has 0 radical (unpaired) electrons. The van der Waals surface area contributed by atoms with Gasteiger partial charge in [-0.3, -0.25) is 9.59 Å². The summed E-state index contributed by atoms with van der Waals surface area (Å²) in [6.07, 6.45) is 64.6. The molecule has 0 fully saturated rings. The summed E-state index contributed by atoms with van der Waals surface area (Å²) in [7, 11) is 0. The number of rotatable bonds is 31. The lowest BCUT2D eigenvalue weighted by atomic mass is 10.2. The SMILES string of the molecule is C.CC/C=C\C/C=C\C/C=C\C/C=C\C/C=C\C/C=C\CCC(=O)O.CC/C=C\C/C=C\C/C=C\C/C=C\C/C=C\C/C=C\CCC(=O)Oc1ccccc1C(=O)O.O=C(O)c1ccccc1O. The Hall–Kier alpha value is -7.00. The lowest BCUT2D eigenvalue weighted by Crippen LogP contribution is -2.10. The Morgan fingerprint density at radius 1 is 0.412 bits per heavy atom. The summed E-state index contributed by atoms with van der Waals surface area (Å²) in [5.41, 5.74) is -0.0812. The van der Waals surface area contributed by atoms with Crippen molar-refractivity contribution in [3.63, 3.8) is 0 Å². The van der Waals surface area contributed by atoms with Gasteiger partial charge in [0.05, 0.1) is 0 Å². The van der Waals surface area contributed by atoms with E-state index in [1.54, 1.807) is 24.3 Å². The van der Waals surface area contributed by atoms with Gasteiger partial charge in [-0.25, -0.2) is 9.59 Å². The minimum Gasteiger partial charge on any atom is -0.507 e. The van der Waals surface area contributed by atoms with Gasteiger partial charge < -0.3 is 25.2 Å². The first-order chi connectivity index (χ1) is 32.6. The lowest BCUT2D eigenvalue weighted by Gasteiger charge is -2.06. The van der Waals surface area contributed by atoms with Crippen LogP contribution < -0.4 is 4.74 Å². The molecule has 0 saturated carbocycles. The molecule has 0 saturated heterocycles. The number of aromatic hydroxyl groups is 1. The summed E-state index contributed by atoms with van der Waals surface area (Å²) in [6, 6.07) is 11.9. The summed E-state index contributed by atoms with van der Waals surface area (Å²) >= 11 is 0. The molecule has 68 heavy (non-hydrogen) atoms. The smallest absolute Gasteiger partial charge is 0.339 e. The van der Waals surface area contributed by atoms with Gasteiger partial charge in [-0.2, -0.15) is 0 Å². The van der Waals surface area contributed by atoms with E-state index in [1.165, 1.54) is 24.3 Å². The van der Waals surface area contributed by atoms with Gasteiger partial charge in [0.2, 0.25) is 0 Å². The molecule has 2 rings (SSSR count). The molecule has 0 aromatic heterocycles. The molecule has 0 unspecified atom stereocenters. The maximum Gasteiger partial charge on any atom is 0.339 e. The van der Waals surface area contributed by atoms with E-state index >= 15 is 0 Å². The number of hydrogen-bond donors (Lipinski definition) is 4. The van der Waals surface area contributed by atoms with Crippen molar-refractivity contribution in [2.45, 2.75) is 124 Å². The zero-order valence-electron chi connectivity index (χ0n) is 39.6. The molecular formula is C59H78O9. The van der Waals surface area contributed by atoms with Crippen molar-refractivity contribution < 1.29 is 44.3 Å². The van der Waals surface area contributed by atoms with Gasteiger partial charge in [0.1, 0.15) is 22.6 Å². The Balaban J connectivity index is 0. The number of carboxylic acid groups (broad SMARTS) is 3. The number of phenols is 1. The van der Waals surface area contributed by atoms with Gasteiger partial charge in [0.15, 0.2) is 0 Å². The highest BCUT2D eigenvalue weighted by atomic mass is 16.5. The van der Waals surface area contributed by atoms with Crippen LogP contribution in [0.15, 0.2) is 194 Å². The number of benzene rings is 2. The second-order valence-electron chi connectivity index (χ2n) is 14.4. The molecular weight excluding hydrogens is 853 g/mol. The van der Waals surface area contributed by atoms with Crippen molar-refractivity contribution in [3.8, 4) is 11.5 Å². The molecule has 2 aromatic rings. The van der Waals surface area contributed by atoms with Gasteiger partial charge in [-0.05, 0) is 114 Å². The minimum atomic E-state index is -1.12. The largest absolute Gasteiger partial charge is 0.507 e. The number of carbonyl (C=O) groups is 4. The first-order valence-corrected chi connectivity index (χ1v) is 23.2. The summed E-state index contributed by atoms with van der Waals surface area (Å²) in [5.74, 6) is -3.53. The number of esters is 1. The summed E-state index contributed by atoms with van der Waals surface area (Å²) < 4.78 is 5.16. The monoisotopic (exact) mass is 931 g/mol. The third kappa shape index (κ3) is 41.7. The number of allylic oxidation sites excluding steroid dienone is 24. The number of carbonyl (C=O) groups excluding carboxylic acids is 1. The molecule has 0 amide bonds. The number of ether oxygens (including phenoxy) is 1. The molecule has 0 aliphatic carbocycles. The Bertz CT molecular complexity index is 2020. The molecule has 4 N–H and O–H groups in total. The van der Waals surface area contributed by atoms with Crippen LogP contribution >= 0.6 is 0 Å². The fourth-order valence-corrected chi connectivity index (χ4v) is 5.25. The number of para-hydroxylation sites is 2. The van der Waals surface area contributed by atoms with Crippen LogP contribution in [0, 0.1) is 0 Å². The number of aliphatic carboxylic acids is 1. The third-order valence-corrected chi connectivity index (χ3v) is 8.71. The Morgan fingerprint density at radius 2 is 0.706 bits per heavy atom. The van der Waals surface area contributed by atoms with Crippen LogP contribution in [0.4, 0.5) is 0 Å². The van der Waals surface area contributed by atoms with Crippen molar-refractivity contribution in [2.24, 2.45) is 0 Å². The average Bonchev–Trinajstić information content (AvgIpc) is 3.31. The minimum absolute atomic E-state index is 0. The maximum atomic E-state index is 11.9. The molecule has 9 heteroatoms. The van der Waals surface area contributed by atoms with E-state index in [-0.39, 0.29) is 42.9 Å². The number of hydrogen-bond acceptors (Lipinski definition) is 6. The van der Waals surface area contributed by atoms with E-state index in [1.807, 2.05) is 24.3 Å². The third-order valence-electron chi connectivity index (χ3n) is 8.71. The van der Waals surface area contributed by atoms with Crippen LogP contribution in [0.5, 0.6) is 11.5 Å². The Morgan fingerprint density at radius 3 is 1.01 bits per heavy atom. The standard InChI is InChI=1S/C29H36O4.C22H32O2.C7H6O3.CH4/c1-2-3-4-5-6-7-8-9-10-11-12-13-14-15-16-17-18-19-20-25-28(30)33-27-24-22-21-23-26(27)29(31)32;1-2-3-4-5-6-7-8-9-10-11-12-13-14-15-16-17-18-19-20-21-22(23)24;8-6-4-2-1-3-5(6)7(9)10;/h3-4,6-7,9-10,12-13,15-16,18-19,21-24H,2,5,8,11,14,17,20,25H2,1H3,(H,31,32);3-4,6-7,9-10,12-13,15-16,18-19H,2,5,8,11,14,17,20-21H2,1H3,(H,23,24);1-4,8H,(H,9,10);1H4/b2*4-3-,7-6-,10-9-,13-12-,16-15-,19-18-;;. The molecule has 0 aliphatic rings. The topological polar surface area (TPSA) is 158 Å². The molecule has 0 heterocycles. The molecule has 0 aliphatic heterocycles. The summed E-state index contributed by atoms with van der Waals surface area (Å²) in [6.45, 7) is 4.29. The van der Waals surface area contributed by atoms with Gasteiger partial charge in [0, 0.05) is 12.8 Å². The van der Waals surface area contributed by atoms with Gasteiger partial charge >= 0.3 is 23.9 Å². The highest BCUT2D eigenvalue weighted by molar-refractivity contribution is 5.92. The second kappa shape index (κ2) is 47.9. The lowest BCUT2D eigenvalue weighted by molar-refractivity contribution is -0.137. The van der Waals surface area contributed by atoms with Crippen LogP contribution in [0.3, 0.4) is 0 Å². The van der Waals surface area contributed by atoms with Crippen LogP contribution in [-0.2, 0) is 9.59 Å². The van der Waals surface area contributed by atoms with Crippen LogP contribution in [0.25, 0.3) is 0 Å². The summed E-state index contributed by atoms with van der Waals surface area (Å²) in [4.78, 5) is 43.6. The van der Waals surface area contributed by atoms with Gasteiger partial charge in [-0.15, -0.1) is 0 Å². The van der Waals surface area contributed by atoms with Gasteiger partial charge in [0.25, 0.3) is 0 Å². The molecule has 0 spiro atoms. The first-order valence-electron chi connectivity index (χ1n) is 23.2. The fraction of sp³-hybridized carbons (Fsp3) is 0.322. The van der Waals surface area contributed by atoms with E-state index in [0.29, 0.717) is 12.8 Å². The molecule has 0 bridgehead atoms. The number of aromatic carboxylic acids is 2. The molecule has 9 nitrogen and oxygen atoms in total. The van der Waals surface area contributed by atoms with E-state index < -0.39 is 23.9 Å². The van der Waals surface area contributed by atoms with Crippen molar-refractivity contribution in [2.75, 3.05) is 0 Å². The Labute approximate surface area is 407 Å². The Kier molecular flexibility index (Phi) is 44.5. The van der Waals surface area contributed by atoms with Crippen molar-refractivity contribution in [1.82, 2.24) is 0 Å². The highest BCUT2D eigenvalue weighted by Gasteiger charge is 2.13. The predicted molar refractivity (Wildman–Crippen MR) is 283 cm³/mol. The van der Waals surface area contributed by atoms with Crippen molar-refractivity contribution in [3.05, 3.63) is 205 Å². The van der Waals surface area contributed by atoms with E-state index in [4.69, 9.17) is 25.2 Å². The first kappa shape index (κ1) is 63.1. The molecule has 368 valence electrons. The normalized spacial score (nSPS) is 12.0. The zero-order chi connectivity index (χ0) is 49.3. The van der Waals surface area contributed by atoms with E-state index in [9.17, 15) is 19.2 Å². The maximum absolute atomic E-state index is 11.9. The van der Waals surface area contributed by atoms with Gasteiger partial charge in [-0.1, -0.05) is 191 Å². The molecule has 0 atom stereocenters. The van der Waals surface area contributed by atoms with Crippen molar-refractivity contribution >= 4 is 23.9 Å². The fourth-order valence-electron chi connectivity index (χ4n) is 5.25. The quantitative estimate of drug-likeness (QED) is 0.0328. The van der Waals surface area contributed by atoms with E-state index in [2.05, 4.69) is 135 Å². The average molecular weight is 931 g/mol. The van der Waals surface area contributed by atoms with Crippen molar-refractivity contribution in [1.29, 1.82) is 0 Å². The van der Waals surface area contributed by atoms with Crippen LogP contribution in [0.1, 0.15) is 145 Å². The molecule has 2 aromatic carbocycles.